The summed E-state index contributed by atoms with van der Waals surface area (Å²) < 4.78 is 5.20. The summed E-state index contributed by atoms with van der Waals surface area (Å²) in [6, 6.07) is 7.83. The Bertz CT molecular complexity index is 290. The predicted octanol–water partition coefficient (Wildman–Crippen LogP) is 1.78. The minimum absolute atomic E-state index is 0.0842. The Balaban J connectivity index is 2.23. The van der Waals surface area contributed by atoms with E-state index < -0.39 is 0 Å². The molecule has 16 heavy (non-hydrogen) atoms. The Morgan fingerprint density at radius 3 is 2.56 bits per heavy atom. The van der Waals surface area contributed by atoms with Gasteiger partial charge in [0.05, 0.1) is 19.8 Å². The summed E-state index contributed by atoms with van der Waals surface area (Å²) in [6.07, 6.45) is 0. The van der Waals surface area contributed by atoms with Crippen LogP contribution in [0.1, 0.15) is 5.56 Å². The van der Waals surface area contributed by atoms with E-state index >= 15 is 0 Å². The average Bonchev–Trinajstić information content (AvgIpc) is 2.28. The standard InChI is InChI=1S/C12H18ClNO2/c1-14(6-8-16-9-7-15)10-11-2-4-12(13)5-3-11/h2-5,15H,6-10H2,1H3. The summed E-state index contributed by atoms with van der Waals surface area (Å²) in [5.41, 5.74) is 1.23. The van der Waals surface area contributed by atoms with E-state index in [1.54, 1.807) is 0 Å². The van der Waals surface area contributed by atoms with Crippen LogP contribution in [0.25, 0.3) is 0 Å². The lowest BCUT2D eigenvalue weighted by atomic mass is 10.2. The van der Waals surface area contributed by atoms with Crippen molar-refractivity contribution in [2.75, 3.05) is 33.4 Å². The van der Waals surface area contributed by atoms with Crippen LogP contribution >= 0.6 is 11.6 Å². The number of likely N-dealkylation sites (N-methyl/N-ethyl adjacent to an activating group) is 1. The van der Waals surface area contributed by atoms with Crippen LogP contribution in [-0.2, 0) is 11.3 Å². The normalized spacial score (nSPS) is 11.0. The lowest BCUT2D eigenvalue weighted by Crippen LogP contribution is -2.23. The second-order valence-corrected chi connectivity index (χ2v) is 4.14. The van der Waals surface area contributed by atoms with Crippen LogP contribution < -0.4 is 0 Å². The van der Waals surface area contributed by atoms with Crippen molar-refractivity contribution < 1.29 is 9.84 Å². The van der Waals surface area contributed by atoms with Gasteiger partial charge in [-0.3, -0.25) is 4.90 Å². The molecule has 1 aromatic rings. The molecule has 0 unspecified atom stereocenters. The number of ether oxygens (including phenoxy) is 1. The zero-order chi connectivity index (χ0) is 11.8. The van der Waals surface area contributed by atoms with E-state index in [1.807, 2.05) is 31.3 Å². The highest BCUT2D eigenvalue weighted by Gasteiger charge is 2.00. The lowest BCUT2D eigenvalue weighted by molar-refractivity contribution is 0.0773. The van der Waals surface area contributed by atoms with Gasteiger partial charge in [0.2, 0.25) is 0 Å². The molecule has 0 aromatic heterocycles. The highest BCUT2D eigenvalue weighted by atomic mass is 35.5. The molecular formula is C12H18ClNO2. The fourth-order valence-corrected chi connectivity index (χ4v) is 1.49. The molecule has 4 heteroatoms. The van der Waals surface area contributed by atoms with Crippen molar-refractivity contribution in [3.05, 3.63) is 34.9 Å². The number of hydrogen-bond donors (Lipinski definition) is 1. The molecule has 0 radical (unpaired) electrons. The minimum Gasteiger partial charge on any atom is -0.394 e. The molecule has 1 aromatic carbocycles. The van der Waals surface area contributed by atoms with Crippen LogP contribution in [0, 0.1) is 0 Å². The van der Waals surface area contributed by atoms with E-state index in [0.717, 1.165) is 18.1 Å². The molecule has 0 amide bonds. The zero-order valence-electron chi connectivity index (χ0n) is 9.53. The van der Waals surface area contributed by atoms with Crippen LogP contribution in [0.4, 0.5) is 0 Å². The van der Waals surface area contributed by atoms with Crippen molar-refractivity contribution in [3.63, 3.8) is 0 Å². The largest absolute Gasteiger partial charge is 0.394 e. The molecule has 0 heterocycles. The quantitative estimate of drug-likeness (QED) is 0.741. The first-order chi connectivity index (χ1) is 7.72. The summed E-state index contributed by atoms with van der Waals surface area (Å²) >= 11 is 5.81. The van der Waals surface area contributed by atoms with Crippen LogP contribution in [0.15, 0.2) is 24.3 Å². The van der Waals surface area contributed by atoms with Crippen LogP contribution in [0.3, 0.4) is 0 Å². The second kappa shape index (κ2) is 7.63. The number of halogens is 1. The fraction of sp³-hybridized carbons (Fsp3) is 0.500. The monoisotopic (exact) mass is 243 g/mol. The van der Waals surface area contributed by atoms with Gasteiger partial charge in [-0.05, 0) is 24.7 Å². The van der Waals surface area contributed by atoms with E-state index in [-0.39, 0.29) is 6.61 Å². The van der Waals surface area contributed by atoms with E-state index in [4.69, 9.17) is 21.4 Å². The molecule has 3 nitrogen and oxygen atoms in total. The first-order valence-corrected chi connectivity index (χ1v) is 5.72. The summed E-state index contributed by atoms with van der Waals surface area (Å²) in [4.78, 5) is 2.17. The van der Waals surface area contributed by atoms with Crippen molar-refractivity contribution in [1.29, 1.82) is 0 Å². The molecular weight excluding hydrogens is 226 g/mol. The Kier molecular flexibility index (Phi) is 6.42. The summed E-state index contributed by atoms with van der Waals surface area (Å²) in [5, 5.41) is 9.30. The number of benzene rings is 1. The minimum atomic E-state index is 0.0842. The molecule has 0 fully saturated rings. The Morgan fingerprint density at radius 2 is 1.94 bits per heavy atom. The third kappa shape index (κ3) is 5.47. The van der Waals surface area contributed by atoms with Crippen LogP contribution in [-0.4, -0.2) is 43.4 Å². The number of aliphatic hydroxyl groups is 1. The smallest absolute Gasteiger partial charge is 0.0698 e. The Morgan fingerprint density at radius 1 is 1.25 bits per heavy atom. The second-order valence-electron chi connectivity index (χ2n) is 3.70. The van der Waals surface area contributed by atoms with Crippen molar-refractivity contribution >= 4 is 11.6 Å². The van der Waals surface area contributed by atoms with Gasteiger partial charge >= 0.3 is 0 Å². The predicted molar refractivity (Wildman–Crippen MR) is 65.7 cm³/mol. The van der Waals surface area contributed by atoms with Gasteiger partial charge in [0, 0.05) is 18.1 Å². The van der Waals surface area contributed by atoms with E-state index in [0.29, 0.717) is 13.2 Å². The van der Waals surface area contributed by atoms with Gasteiger partial charge < -0.3 is 9.84 Å². The van der Waals surface area contributed by atoms with Crippen molar-refractivity contribution in [1.82, 2.24) is 4.90 Å². The number of hydrogen-bond acceptors (Lipinski definition) is 3. The summed E-state index contributed by atoms with van der Waals surface area (Å²) in [7, 11) is 2.04. The molecule has 90 valence electrons. The number of rotatable bonds is 7. The average molecular weight is 244 g/mol. The molecule has 0 bridgehead atoms. The highest BCUT2D eigenvalue weighted by molar-refractivity contribution is 6.30. The van der Waals surface area contributed by atoms with Gasteiger partial charge in [-0.1, -0.05) is 23.7 Å². The molecule has 0 saturated heterocycles. The van der Waals surface area contributed by atoms with Gasteiger partial charge in [0.25, 0.3) is 0 Å². The van der Waals surface area contributed by atoms with Crippen molar-refractivity contribution in [2.45, 2.75) is 6.54 Å². The van der Waals surface area contributed by atoms with Crippen LogP contribution in [0.2, 0.25) is 5.02 Å². The van der Waals surface area contributed by atoms with Gasteiger partial charge in [-0.25, -0.2) is 0 Å². The molecule has 0 aliphatic heterocycles. The molecule has 1 N–H and O–H groups in total. The van der Waals surface area contributed by atoms with Gasteiger partial charge in [0.1, 0.15) is 0 Å². The number of nitrogens with zero attached hydrogens (tertiary/aromatic N) is 1. The molecule has 0 saturated carbocycles. The van der Waals surface area contributed by atoms with E-state index in [2.05, 4.69) is 4.90 Å². The maximum Gasteiger partial charge on any atom is 0.0698 e. The van der Waals surface area contributed by atoms with Crippen molar-refractivity contribution in [2.24, 2.45) is 0 Å². The fourth-order valence-electron chi connectivity index (χ4n) is 1.37. The van der Waals surface area contributed by atoms with Gasteiger partial charge in [0.15, 0.2) is 0 Å². The first-order valence-electron chi connectivity index (χ1n) is 5.34. The SMILES string of the molecule is CN(CCOCCO)Cc1ccc(Cl)cc1. The molecule has 0 aliphatic carbocycles. The topological polar surface area (TPSA) is 32.7 Å². The van der Waals surface area contributed by atoms with E-state index in [1.165, 1.54) is 5.56 Å². The Labute approximate surface area is 102 Å². The molecule has 0 spiro atoms. The summed E-state index contributed by atoms with van der Waals surface area (Å²) in [5.74, 6) is 0. The van der Waals surface area contributed by atoms with Gasteiger partial charge in [-0.15, -0.1) is 0 Å². The summed E-state index contributed by atoms with van der Waals surface area (Å²) in [6.45, 7) is 2.86. The Hall–Kier alpha value is -0.610. The highest BCUT2D eigenvalue weighted by Crippen LogP contribution is 2.10. The third-order valence-electron chi connectivity index (χ3n) is 2.22. The van der Waals surface area contributed by atoms with E-state index in [9.17, 15) is 0 Å². The zero-order valence-corrected chi connectivity index (χ0v) is 10.3. The first kappa shape index (κ1) is 13.5. The molecule has 0 atom stereocenters. The molecule has 0 aliphatic rings. The maximum atomic E-state index is 8.54. The van der Waals surface area contributed by atoms with Crippen molar-refractivity contribution in [3.8, 4) is 0 Å². The molecule has 1 rings (SSSR count). The maximum absolute atomic E-state index is 8.54. The third-order valence-corrected chi connectivity index (χ3v) is 2.47. The number of aliphatic hydroxyl groups excluding tert-OH is 1. The lowest BCUT2D eigenvalue weighted by Gasteiger charge is -2.16. The van der Waals surface area contributed by atoms with Crippen LogP contribution in [0.5, 0.6) is 0 Å². The van der Waals surface area contributed by atoms with Gasteiger partial charge in [-0.2, -0.15) is 0 Å².